The standard InChI is InChI=1S/C14H23N3O2/c1-11-7-17(8-12(2)15-11)10-14(18)16(3)9-13-5-4-6-19-13/h4-6,11-12,15H,7-10H2,1-3H3. The third-order valence-corrected chi connectivity index (χ3v) is 3.39. The molecule has 1 N–H and O–H groups in total. The SMILES string of the molecule is CC1CN(CC(=O)N(C)Cc2ccco2)CC(C)N1. The highest BCUT2D eigenvalue weighted by Gasteiger charge is 2.23. The van der Waals surface area contributed by atoms with E-state index in [4.69, 9.17) is 4.42 Å². The lowest BCUT2D eigenvalue weighted by atomic mass is 10.1. The molecule has 2 heterocycles. The van der Waals surface area contributed by atoms with Crippen molar-refractivity contribution in [2.75, 3.05) is 26.7 Å². The maximum Gasteiger partial charge on any atom is 0.236 e. The van der Waals surface area contributed by atoms with Crippen molar-refractivity contribution in [2.45, 2.75) is 32.5 Å². The van der Waals surface area contributed by atoms with Crippen LogP contribution in [-0.2, 0) is 11.3 Å². The van der Waals surface area contributed by atoms with E-state index in [9.17, 15) is 4.79 Å². The molecule has 2 unspecified atom stereocenters. The lowest BCUT2D eigenvalue weighted by Crippen LogP contribution is -2.56. The summed E-state index contributed by atoms with van der Waals surface area (Å²) >= 11 is 0. The van der Waals surface area contributed by atoms with E-state index >= 15 is 0 Å². The van der Waals surface area contributed by atoms with Gasteiger partial charge in [0.2, 0.25) is 5.91 Å². The lowest BCUT2D eigenvalue weighted by Gasteiger charge is -2.36. The largest absolute Gasteiger partial charge is 0.467 e. The van der Waals surface area contributed by atoms with Crippen LogP contribution in [0.4, 0.5) is 0 Å². The number of nitrogens with zero attached hydrogens (tertiary/aromatic N) is 2. The van der Waals surface area contributed by atoms with Gasteiger partial charge in [-0.05, 0) is 26.0 Å². The Balaban J connectivity index is 1.82. The van der Waals surface area contributed by atoms with Gasteiger partial charge in [-0.25, -0.2) is 0 Å². The summed E-state index contributed by atoms with van der Waals surface area (Å²) in [5, 5.41) is 3.47. The Morgan fingerprint density at radius 3 is 2.74 bits per heavy atom. The molecule has 1 aromatic rings. The zero-order valence-electron chi connectivity index (χ0n) is 11.9. The van der Waals surface area contributed by atoms with E-state index < -0.39 is 0 Å². The molecule has 0 radical (unpaired) electrons. The summed E-state index contributed by atoms with van der Waals surface area (Å²) in [5.41, 5.74) is 0. The molecule has 5 nitrogen and oxygen atoms in total. The fraction of sp³-hybridized carbons (Fsp3) is 0.643. The van der Waals surface area contributed by atoms with Crippen LogP contribution in [0.15, 0.2) is 22.8 Å². The summed E-state index contributed by atoms with van der Waals surface area (Å²) < 4.78 is 5.26. The fourth-order valence-corrected chi connectivity index (χ4v) is 2.61. The third-order valence-electron chi connectivity index (χ3n) is 3.39. The Morgan fingerprint density at radius 2 is 2.16 bits per heavy atom. The van der Waals surface area contributed by atoms with Gasteiger partial charge in [-0.3, -0.25) is 9.69 Å². The Bertz CT molecular complexity index is 395. The van der Waals surface area contributed by atoms with E-state index in [0.29, 0.717) is 25.2 Å². The predicted octanol–water partition coefficient (Wildman–Crippen LogP) is 0.920. The number of furan rings is 1. The topological polar surface area (TPSA) is 48.7 Å². The summed E-state index contributed by atoms with van der Waals surface area (Å²) in [7, 11) is 1.82. The quantitative estimate of drug-likeness (QED) is 0.879. The average Bonchev–Trinajstić information content (AvgIpc) is 2.80. The number of nitrogens with one attached hydrogen (secondary N) is 1. The van der Waals surface area contributed by atoms with Crippen LogP contribution < -0.4 is 5.32 Å². The molecule has 0 aromatic carbocycles. The van der Waals surface area contributed by atoms with Gasteiger partial charge >= 0.3 is 0 Å². The average molecular weight is 265 g/mol. The molecule has 19 heavy (non-hydrogen) atoms. The molecule has 1 aromatic heterocycles. The smallest absolute Gasteiger partial charge is 0.236 e. The van der Waals surface area contributed by atoms with Crippen LogP contribution in [-0.4, -0.2) is 54.5 Å². The van der Waals surface area contributed by atoms with Crippen LogP contribution in [0.5, 0.6) is 0 Å². The van der Waals surface area contributed by atoms with E-state index in [1.54, 1.807) is 11.2 Å². The molecule has 1 saturated heterocycles. The van der Waals surface area contributed by atoms with Crippen molar-refractivity contribution in [1.29, 1.82) is 0 Å². The van der Waals surface area contributed by atoms with Gasteiger partial charge in [0.15, 0.2) is 0 Å². The minimum Gasteiger partial charge on any atom is -0.467 e. The van der Waals surface area contributed by atoms with E-state index in [1.165, 1.54) is 0 Å². The molecule has 106 valence electrons. The van der Waals surface area contributed by atoms with Gasteiger partial charge in [0.05, 0.1) is 19.4 Å². The second-order valence-electron chi connectivity index (χ2n) is 5.49. The van der Waals surface area contributed by atoms with E-state index in [-0.39, 0.29) is 5.91 Å². The molecule has 5 heteroatoms. The highest BCUT2D eigenvalue weighted by atomic mass is 16.3. The maximum atomic E-state index is 12.2. The Hall–Kier alpha value is -1.33. The van der Waals surface area contributed by atoms with Crippen molar-refractivity contribution in [3.05, 3.63) is 24.2 Å². The van der Waals surface area contributed by atoms with Crippen LogP contribution in [0, 0.1) is 0 Å². The first-order valence-corrected chi connectivity index (χ1v) is 6.79. The number of hydrogen-bond donors (Lipinski definition) is 1. The molecular weight excluding hydrogens is 242 g/mol. The Labute approximate surface area is 114 Å². The summed E-state index contributed by atoms with van der Waals surface area (Å²) in [6.45, 7) is 7.16. The van der Waals surface area contributed by atoms with E-state index in [2.05, 4.69) is 24.1 Å². The zero-order chi connectivity index (χ0) is 13.8. The molecular formula is C14H23N3O2. The van der Waals surface area contributed by atoms with Crippen LogP contribution in [0.25, 0.3) is 0 Å². The molecule has 0 aliphatic carbocycles. The van der Waals surface area contributed by atoms with Crippen LogP contribution in [0.3, 0.4) is 0 Å². The van der Waals surface area contributed by atoms with E-state index in [0.717, 1.165) is 18.8 Å². The summed E-state index contributed by atoms with van der Waals surface area (Å²) in [6.07, 6.45) is 1.63. The maximum absolute atomic E-state index is 12.2. The van der Waals surface area contributed by atoms with Gasteiger partial charge in [-0.1, -0.05) is 0 Å². The number of carbonyl (C=O) groups excluding carboxylic acids is 1. The molecule has 0 spiro atoms. The second-order valence-corrected chi connectivity index (χ2v) is 5.49. The van der Waals surface area contributed by atoms with Crippen LogP contribution in [0.2, 0.25) is 0 Å². The monoisotopic (exact) mass is 265 g/mol. The molecule has 1 aliphatic rings. The van der Waals surface area contributed by atoms with Crippen LogP contribution >= 0.6 is 0 Å². The number of carbonyl (C=O) groups is 1. The minimum absolute atomic E-state index is 0.137. The minimum atomic E-state index is 0.137. The van der Waals surface area contributed by atoms with Crippen molar-refractivity contribution < 1.29 is 9.21 Å². The molecule has 2 atom stereocenters. The number of hydrogen-bond acceptors (Lipinski definition) is 4. The number of likely N-dealkylation sites (N-methyl/N-ethyl adjacent to an activating group) is 1. The molecule has 1 amide bonds. The first-order chi connectivity index (χ1) is 9.04. The molecule has 2 rings (SSSR count). The second kappa shape index (κ2) is 6.21. The normalized spacial score (nSPS) is 24.4. The number of rotatable bonds is 4. The fourth-order valence-electron chi connectivity index (χ4n) is 2.61. The van der Waals surface area contributed by atoms with Gasteiger partial charge in [-0.2, -0.15) is 0 Å². The van der Waals surface area contributed by atoms with E-state index in [1.807, 2.05) is 19.2 Å². The van der Waals surface area contributed by atoms with Crippen LogP contribution in [0.1, 0.15) is 19.6 Å². The lowest BCUT2D eigenvalue weighted by molar-refractivity contribution is -0.132. The Kier molecular flexibility index (Phi) is 4.61. The van der Waals surface area contributed by atoms with Gasteiger partial charge < -0.3 is 14.6 Å². The molecule has 1 fully saturated rings. The molecule has 0 saturated carbocycles. The summed E-state index contributed by atoms with van der Waals surface area (Å²) in [4.78, 5) is 16.1. The third kappa shape index (κ3) is 4.08. The van der Waals surface area contributed by atoms with Crippen molar-refractivity contribution in [3.63, 3.8) is 0 Å². The van der Waals surface area contributed by atoms with Gasteiger partial charge in [-0.15, -0.1) is 0 Å². The Morgan fingerprint density at radius 1 is 1.47 bits per heavy atom. The molecule has 0 bridgehead atoms. The first kappa shape index (κ1) is 14.1. The van der Waals surface area contributed by atoms with Gasteiger partial charge in [0, 0.05) is 32.2 Å². The highest BCUT2D eigenvalue weighted by molar-refractivity contribution is 5.77. The zero-order valence-corrected chi connectivity index (χ0v) is 11.9. The van der Waals surface area contributed by atoms with Crippen molar-refractivity contribution in [2.24, 2.45) is 0 Å². The number of amides is 1. The highest BCUT2D eigenvalue weighted by Crippen LogP contribution is 2.07. The number of piperazine rings is 1. The van der Waals surface area contributed by atoms with Crippen molar-refractivity contribution in [3.8, 4) is 0 Å². The predicted molar refractivity (Wildman–Crippen MR) is 73.7 cm³/mol. The van der Waals surface area contributed by atoms with Crippen molar-refractivity contribution >= 4 is 5.91 Å². The summed E-state index contributed by atoms with van der Waals surface area (Å²) in [5.74, 6) is 0.954. The van der Waals surface area contributed by atoms with Gasteiger partial charge in [0.1, 0.15) is 5.76 Å². The van der Waals surface area contributed by atoms with Crippen molar-refractivity contribution in [1.82, 2.24) is 15.1 Å². The first-order valence-electron chi connectivity index (χ1n) is 6.79. The van der Waals surface area contributed by atoms with Gasteiger partial charge in [0.25, 0.3) is 0 Å². The summed E-state index contributed by atoms with van der Waals surface area (Å²) in [6, 6.07) is 4.60. The molecule has 1 aliphatic heterocycles.